The second-order valence-corrected chi connectivity index (χ2v) is 7.85. The summed E-state index contributed by atoms with van der Waals surface area (Å²) in [5.74, 6) is 1.08. The van der Waals surface area contributed by atoms with Crippen molar-refractivity contribution < 1.29 is 17.6 Å². The smallest absolute Gasteiger partial charge is 0.237 e. The highest BCUT2D eigenvalue weighted by Crippen LogP contribution is 2.18. The van der Waals surface area contributed by atoms with Crippen LogP contribution in [0.15, 0.2) is 22.8 Å². The Morgan fingerprint density at radius 3 is 2.64 bits per heavy atom. The summed E-state index contributed by atoms with van der Waals surface area (Å²) >= 11 is 0. The van der Waals surface area contributed by atoms with Crippen molar-refractivity contribution in [2.75, 3.05) is 31.1 Å². The van der Waals surface area contributed by atoms with Crippen LogP contribution >= 0.6 is 0 Å². The molecule has 6 nitrogen and oxygen atoms in total. The van der Waals surface area contributed by atoms with Gasteiger partial charge in [0, 0.05) is 12.6 Å². The van der Waals surface area contributed by atoms with Crippen molar-refractivity contribution in [2.24, 2.45) is 0 Å². The maximum atomic E-state index is 12.5. The number of carbonyl (C=O) groups excluding carboxylic acids is 1. The van der Waals surface area contributed by atoms with Crippen molar-refractivity contribution in [3.63, 3.8) is 0 Å². The molecule has 124 valence electrons. The van der Waals surface area contributed by atoms with Gasteiger partial charge < -0.3 is 9.32 Å². The Labute approximate surface area is 132 Å². The minimum atomic E-state index is -2.98. The van der Waals surface area contributed by atoms with E-state index in [0.717, 1.165) is 12.3 Å². The van der Waals surface area contributed by atoms with Crippen LogP contribution in [0.3, 0.4) is 0 Å². The van der Waals surface area contributed by atoms with Crippen LogP contribution in [-0.2, 0) is 21.2 Å². The number of likely N-dealkylation sites (N-methyl/N-ethyl adjacent to an activating group) is 2. The summed E-state index contributed by atoms with van der Waals surface area (Å²) in [6.45, 7) is 6.01. The standard InChI is InChI=1S/C15H24N2O4S/c1-3-16(10-14-6-5-8-21-14)11-15(18)17(4-2)13-7-9-22(19,20)12-13/h5-6,8,13H,3-4,7,9-12H2,1-2H3. The van der Waals surface area contributed by atoms with Crippen LogP contribution in [0.1, 0.15) is 26.0 Å². The van der Waals surface area contributed by atoms with Crippen LogP contribution in [0, 0.1) is 0 Å². The summed E-state index contributed by atoms with van der Waals surface area (Å²) in [5.41, 5.74) is 0. The molecule has 1 aromatic rings. The molecule has 1 aliphatic rings. The molecule has 0 radical (unpaired) electrons. The van der Waals surface area contributed by atoms with Crippen molar-refractivity contribution >= 4 is 15.7 Å². The van der Waals surface area contributed by atoms with E-state index in [1.54, 1.807) is 11.2 Å². The zero-order valence-corrected chi connectivity index (χ0v) is 14.0. The van der Waals surface area contributed by atoms with Gasteiger partial charge in [0.05, 0.1) is 30.9 Å². The molecule has 2 heterocycles. The van der Waals surface area contributed by atoms with E-state index in [9.17, 15) is 13.2 Å². The fourth-order valence-electron chi connectivity index (χ4n) is 2.84. The second kappa shape index (κ2) is 7.28. The van der Waals surface area contributed by atoms with Gasteiger partial charge in [0.15, 0.2) is 9.84 Å². The van der Waals surface area contributed by atoms with Crippen LogP contribution in [-0.4, -0.2) is 61.3 Å². The first-order chi connectivity index (χ1) is 10.4. The largest absolute Gasteiger partial charge is 0.468 e. The highest BCUT2D eigenvalue weighted by molar-refractivity contribution is 7.91. The number of hydrogen-bond acceptors (Lipinski definition) is 5. The molecule has 0 spiro atoms. The molecule has 1 amide bonds. The maximum absolute atomic E-state index is 12.5. The number of rotatable bonds is 7. The molecular weight excluding hydrogens is 304 g/mol. The molecular formula is C15H24N2O4S. The predicted molar refractivity (Wildman–Crippen MR) is 84.1 cm³/mol. The number of carbonyl (C=O) groups is 1. The van der Waals surface area contributed by atoms with Crippen LogP contribution in [0.2, 0.25) is 0 Å². The third kappa shape index (κ3) is 4.33. The lowest BCUT2D eigenvalue weighted by atomic mass is 10.2. The Kier molecular flexibility index (Phi) is 5.63. The third-order valence-electron chi connectivity index (χ3n) is 4.08. The first-order valence-corrected chi connectivity index (χ1v) is 9.52. The quantitative estimate of drug-likeness (QED) is 0.750. The average Bonchev–Trinajstić information content (AvgIpc) is 3.08. The van der Waals surface area contributed by atoms with Gasteiger partial charge in [-0.1, -0.05) is 6.92 Å². The fraction of sp³-hybridized carbons (Fsp3) is 0.667. The van der Waals surface area contributed by atoms with Crippen molar-refractivity contribution in [2.45, 2.75) is 32.9 Å². The number of hydrogen-bond donors (Lipinski definition) is 0. The van der Waals surface area contributed by atoms with E-state index in [4.69, 9.17) is 4.42 Å². The first kappa shape index (κ1) is 17.0. The summed E-state index contributed by atoms with van der Waals surface area (Å²) in [6, 6.07) is 3.53. The van der Waals surface area contributed by atoms with Crippen molar-refractivity contribution in [3.8, 4) is 0 Å². The molecule has 1 aromatic heterocycles. The zero-order chi connectivity index (χ0) is 16.2. The van der Waals surface area contributed by atoms with Gasteiger partial charge in [-0.25, -0.2) is 8.42 Å². The van der Waals surface area contributed by atoms with E-state index in [-0.39, 0.29) is 30.0 Å². The van der Waals surface area contributed by atoms with Gasteiger partial charge in [-0.15, -0.1) is 0 Å². The van der Waals surface area contributed by atoms with Crippen molar-refractivity contribution in [3.05, 3.63) is 24.2 Å². The molecule has 7 heteroatoms. The summed E-state index contributed by atoms with van der Waals surface area (Å²) in [7, 11) is -2.98. The Morgan fingerprint density at radius 2 is 2.14 bits per heavy atom. The lowest BCUT2D eigenvalue weighted by molar-refractivity contribution is -0.134. The number of sulfone groups is 1. The molecule has 22 heavy (non-hydrogen) atoms. The van der Waals surface area contributed by atoms with Gasteiger partial charge in [0.2, 0.25) is 5.91 Å². The predicted octanol–water partition coefficient (Wildman–Crippen LogP) is 1.14. The summed E-state index contributed by atoms with van der Waals surface area (Å²) in [6.07, 6.45) is 2.17. The Hall–Kier alpha value is -1.34. The van der Waals surface area contributed by atoms with Gasteiger partial charge in [-0.2, -0.15) is 0 Å². The molecule has 0 saturated carbocycles. The molecule has 1 fully saturated rings. The van der Waals surface area contributed by atoms with Gasteiger partial charge in [-0.05, 0) is 32.0 Å². The highest BCUT2D eigenvalue weighted by atomic mass is 32.2. The molecule has 0 aliphatic carbocycles. The van der Waals surface area contributed by atoms with Gasteiger partial charge in [0.25, 0.3) is 0 Å². The zero-order valence-electron chi connectivity index (χ0n) is 13.2. The molecule has 2 rings (SSSR count). The minimum Gasteiger partial charge on any atom is -0.468 e. The fourth-order valence-corrected chi connectivity index (χ4v) is 4.57. The number of amides is 1. The highest BCUT2D eigenvalue weighted by Gasteiger charge is 2.34. The lowest BCUT2D eigenvalue weighted by Crippen LogP contribution is -2.46. The van der Waals surface area contributed by atoms with E-state index in [2.05, 4.69) is 0 Å². The Morgan fingerprint density at radius 1 is 1.36 bits per heavy atom. The van der Waals surface area contributed by atoms with Crippen molar-refractivity contribution in [1.82, 2.24) is 9.80 Å². The summed E-state index contributed by atoms with van der Waals surface area (Å²) < 4.78 is 28.5. The van der Waals surface area contributed by atoms with Gasteiger partial charge in [0.1, 0.15) is 5.76 Å². The van der Waals surface area contributed by atoms with Crippen molar-refractivity contribution in [1.29, 1.82) is 0 Å². The van der Waals surface area contributed by atoms with Crippen LogP contribution < -0.4 is 0 Å². The normalized spacial score (nSPS) is 20.4. The van der Waals surface area contributed by atoms with E-state index in [1.165, 1.54) is 0 Å². The van der Waals surface area contributed by atoms with E-state index < -0.39 is 9.84 Å². The lowest BCUT2D eigenvalue weighted by Gasteiger charge is -2.29. The molecule has 1 saturated heterocycles. The average molecular weight is 328 g/mol. The maximum Gasteiger partial charge on any atom is 0.237 e. The minimum absolute atomic E-state index is 0.0157. The van der Waals surface area contributed by atoms with Gasteiger partial charge >= 0.3 is 0 Å². The molecule has 0 bridgehead atoms. The molecule has 0 N–H and O–H groups in total. The molecule has 1 atom stereocenters. The molecule has 0 aromatic carbocycles. The topological polar surface area (TPSA) is 70.8 Å². The van der Waals surface area contributed by atoms with E-state index in [0.29, 0.717) is 19.5 Å². The first-order valence-electron chi connectivity index (χ1n) is 7.69. The number of nitrogens with zero attached hydrogens (tertiary/aromatic N) is 2. The van der Waals surface area contributed by atoms with Crippen LogP contribution in [0.25, 0.3) is 0 Å². The summed E-state index contributed by atoms with van der Waals surface area (Å²) in [5, 5.41) is 0. The Bertz CT molecular complexity index is 583. The molecule has 1 unspecified atom stereocenters. The van der Waals surface area contributed by atoms with E-state index in [1.807, 2.05) is 30.9 Å². The van der Waals surface area contributed by atoms with Crippen LogP contribution in [0.5, 0.6) is 0 Å². The van der Waals surface area contributed by atoms with Gasteiger partial charge in [-0.3, -0.25) is 9.69 Å². The second-order valence-electron chi connectivity index (χ2n) is 5.62. The SMILES string of the molecule is CCN(CC(=O)N(CC)C1CCS(=O)(=O)C1)Cc1ccco1. The third-order valence-corrected chi connectivity index (χ3v) is 5.83. The van der Waals surface area contributed by atoms with E-state index >= 15 is 0 Å². The Balaban J connectivity index is 1.96. The molecule has 1 aliphatic heterocycles. The van der Waals surface area contributed by atoms with Crippen LogP contribution in [0.4, 0.5) is 0 Å². The monoisotopic (exact) mass is 328 g/mol. The summed E-state index contributed by atoms with van der Waals surface area (Å²) in [4.78, 5) is 16.2. The number of furan rings is 1.